The second-order valence-corrected chi connectivity index (χ2v) is 6.39. The number of nitrogens with zero attached hydrogens (tertiary/aromatic N) is 4. The molecule has 3 aromatic rings. The molecule has 0 amide bonds. The summed E-state index contributed by atoms with van der Waals surface area (Å²) in [5.41, 5.74) is 2.13. The first-order valence-electron chi connectivity index (χ1n) is 7.79. The van der Waals surface area contributed by atoms with Gasteiger partial charge in [-0.25, -0.2) is 0 Å². The molecule has 0 aliphatic heterocycles. The van der Waals surface area contributed by atoms with E-state index in [4.69, 9.17) is 0 Å². The zero-order valence-electron chi connectivity index (χ0n) is 14.3. The maximum absolute atomic E-state index is 10.2. The lowest BCUT2D eigenvalue weighted by Gasteiger charge is -2.17. The van der Waals surface area contributed by atoms with Crippen LogP contribution >= 0.6 is 0 Å². The van der Waals surface area contributed by atoms with Crippen molar-refractivity contribution in [3.05, 3.63) is 35.5 Å². The monoisotopic (exact) mass is 313 g/mol. The molecule has 122 valence electrons. The van der Waals surface area contributed by atoms with E-state index in [1.54, 1.807) is 13.8 Å². The number of aryl methyl sites for hydroxylation is 3. The van der Waals surface area contributed by atoms with Gasteiger partial charge >= 0.3 is 0 Å². The second-order valence-electron chi connectivity index (χ2n) is 6.39. The Morgan fingerprint density at radius 2 is 1.87 bits per heavy atom. The minimum atomic E-state index is -0.872. The molecule has 6 heteroatoms. The lowest BCUT2D eigenvalue weighted by atomic mass is 9.97. The highest BCUT2D eigenvalue weighted by Gasteiger charge is 2.18. The van der Waals surface area contributed by atoms with Gasteiger partial charge in [0.15, 0.2) is 11.6 Å². The highest BCUT2D eigenvalue weighted by atomic mass is 16.3. The second kappa shape index (κ2) is 5.38. The third kappa shape index (κ3) is 2.82. The summed E-state index contributed by atoms with van der Waals surface area (Å²) in [6.07, 6.45) is 0.934. The largest absolute Gasteiger partial charge is 0.386 e. The number of fused-ring (bicyclic) bond motifs is 1. The van der Waals surface area contributed by atoms with Crippen molar-refractivity contribution in [3.63, 3.8) is 0 Å². The average Bonchev–Trinajstić information content (AvgIpc) is 2.99. The molecule has 0 unspecified atom stereocenters. The standard InChI is InChI=1S/C17H23N5O/c1-6-12-10-15(19-21(12)4)18-16-13-8-7-11(17(2,3)23)9-14(13)22(5)20-16/h7-10,23H,6H2,1-5H3,(H,18,19,20). The summed E-state index contributed by atoms with van der Waals surface area (Å²) in [5, 5.41) is 23.5. The van der Waals surface area contributed by atoms with Crippen LogP contribution in [0.1, 0.15) is 32.0 Å². The van der Waals surface area contributed by atoms with E-state index >= 15 is 0 Å². The van der Waals surface area contributed by atoms with Crippen LogP contribution < -0.4 is 5.32 Å². The summed E-state index contributed by atoms with van der Waals surface area (Å²) < 4.78 is 3.69. The van der Waals surface area contributed by atoms with E-state index in [-0.39, 0.29) is 0 Å². The molecular formula is C17H23N5O. The zero-order chi connectivity index (χ0) is 16.8. The van der Waals surface area contributed by atoms with E-state index < -0.39 is 5.60 Å². The van der Waals surface area contributed by atoms with Gasteiger partial charge in [-0.1, -0.05) is 13.0 Å². The zero-order valence-corrected chi connectivity index (χ0v) is 14.3. The van der Waals surface area contributed by atoms with Gasteiger partial charge in [-0.15, -0.1) is 0 Å². The Morgan fingerprint density at radius 1 is 1.13 bits per heavy atom. The molecule has 3 rings (SSSR count). The van der Waals surface area contributed by atoms with E-state index in [9.17, 15) is 5.11 Å². The molecule has 2 aromatic heterocycles. The van der Waals surface area contributed by atoms with Crippen LogP contribution in [0.2, 0.25) is 0 Å². The summed E-state index contributed by atoms with van der Waals surface area (Å²) in [4.78, 5) is 0. The van der Waals surface area contributed by atoms with Crippen molar-refractivity contribution in [1.29, 1.82) is 0 Å². The van der Waals surface area contributed by atoms with Gasteiger partial charge in [0, 0.05) is 31.2 Å². The summed E-state index contributed by atoms with van der Waals surface area (Å²) in [6, 6.07) is 7.93. The van der Waals surface area contributed by atoms with Crippen LogP contribution in [-0.4, -0.2) is 24.7 Å². The molecule has 0 aliphatic rings. The first-order chi connectivity index (χ1) is 10.8. The Labute approximate surface area is 135 Å². The van der Waals surface area contributed by atoms with E-state index in [1.165, 1.54) is 0 Å². The van der Waals surface area contributed by atoms with Gasteiger partial charge in [-0.3, -0.25) is 9.36 Å². The predicted octanol–water partition coefficient (Wildman–Crippen LogP) is 2.84. The SMILES string of the molecule is CCc1cc(Nc2nn(C)c3cc(C(C)(C)O)ccc23)nn1C. The molecule has 0 spiro atoms. The number of hydrogen-bond donors (Lipinski definition) is 2. The number of hydrogen-bond acceptors (Lipinski definition) is 4. The maximum atomic E-state index is 10.2. The molecule has 0 saturated carbocycles. The van der Waals surface area contributed by atoms with Crippen molar-refractivity contribution in [2.75, 3.05) is 5.32 Å². The maximum Gasteiger partial charge on any atom is 0.161 e. The molecule has 6 nitrogen and oxygen atoms in total. The van der Waals surface area contributed by atoms with Gasteiger partial charge in [-0.2, -0.15) is 10.2 Å². The molecule has 0 atom stereocenters. The van der Waals surface area contributed by atoms with Crippen molar-refractivity contribution in [2.24, 2.45) is 14.1 Å². The van der Waals surface area contributed by atoms with Crippen LogP contribution in [0.25, 0.3) is 10.9 Å². The van der Waals surface area contributed by atoms with Crippen LogP contribution in [0.4, 0.5) is 11.6 Å². The van der Waals surface area contributed by atoms with E-state index in [0.717, 1.165) is 40.2 Å². The van der Waals surface area contributed by atoms with Crippen molar-refractivity contribution in [3.8, 4) is 0 Å². The molecule has 2 heterocycles. The van der Waals surface area contributed by atoms with Crippen molar-refractivity contribution >= 4 is 22.5 Å². The van der Waals surface area contributed by atoms with Gasteiger partial charge in [0.05, 0.1) is 11.1 Å². The predicted molar refractivity (Wildman–Crippen MR) is 91.8 cm³/mol. The topological polar surface area (TPSA) is 67.9 Å². The van der Waals surface area contributed by atoms with Gasteiger partial charge in [0.25, 0.3) is 0 Å². The number of aliphatic hydroxyl groups is 1. The highest BCUT2D eigenvalue weighted by Crippen LogP contribution is 2.29. The fraction of sp³-hybridized carbons (Fsp3) is 0.412. The molecule has 1 aromatic carbocycles. The number of rotatable bonds is 4. The summed E-state index contributed by atoms with van der Waals surface area (Å²) in [7, 11) is 3.84. The molecule has 23 heavy (non-hydrogen) atoms. The Morgan fingerprint density at radius 3 is 2.48 bits per heavy atom. The molecule has 0 saturated heterocycles. The molecule has 0 bridgehead atoms. The first-order valence-corrected chi connectivity index (χ1v) is 7.79. The van der Waals surface area contributed by atoms with Crippen molar-refractivity contribution < 1.29 is 5.11 Å². The van der Waals surface area contributed by atoms with Gasteiger partial charge < -0.3 is 10.4 Å². The number of nitrogens with one attached hydrogen (secondary N) is 1. The average molecular weight is 313 g/mol. The van der Waals surface area contributed by atoms with Crippen molar-refractivity contribution in [1.82, 2.24) is 19.6 Å². The minimum absolute atomic E-state index is 0.769. The smallest absolute Gasteiger partial charge is 0.161 e. The van der Waals surface area contributed by atoms with Gasteiger partial charge in [-0.05, 0) is 38.0 Å². The lowest BCUT2D eigenvalue weighted by Crippen LogP contribution is -2.15. The molecule has 0 aliphatic carbocycles. The number of benzene rings is 1. The normalized spacial score (nSPS) is 12.1. The third-order valence-corrected chi connectivity index (χ3v) is 4.14. The fourth-order valence-corrected chi connectivity index (χ4v) is 2.75. The molecular weight excluding hydrogens is 290 g/mol. The van der Waals surface area contributed by atoms with E-state index in [1.807, 2.05) is 47.7 Å². The van der Waals surface area contributed by atoms with Crippen molar-refractivity contribution in [2.45, 2.75) is 32.8 Å². The summed E-state index contributed by atoms with van der Waals surface area (Å²) in [6.45, 7) is 5.67. The van der Waals surface area contributed by atoms with Crippen LogP contribution in [-0.2, 0) is 26.1 Å². The molecule has 2 N–H and O–H groups in total. The van der Waals surface area contributed by atoms with E-state index in [0.29, 0.717) is 0 Å². The number of aromatic nitrogens is 4. The lowest BCUT2D eigenvalue weighted by molar-refractivity contribution is 0.0787. The molecule has 0 fully saturated rings. The Balaban J connectivity index is 2.01. The van der Waals surface area contributed by atoms with Gasteiger partial charge in [0.1, 0.15) is 0 Å². The fourth-order valence-electron chi connectivity index (χ4n) is 2.75. The van der Waals surface area contributed by atoms with Gasteiger partial charge in [0.2, 0.25) is 0 Å². The minimum Gasteiger partial charge on any atom is -0.386 e. The number of anilines is 2. The summed E-state index contributed by atoms with van der Waals surface area (Å²) >= 11 is 0. The van der Waals surface area contributed by atoms with Crippen LogP contribution in [0.3, 0.4) is 0 Å². The third-order valence-electron chi connectivity index (χ3n) is 4.14. The molecule has 0 radical (unpaired) electrons. The first kappa shape index (κ1) is 15.6. The highest BCUT2D eigenvalue weighted by molar-refractivity contribution is 5.92. The van der Waals surface area contributed by atoms with E-state index in [2.05, 4.69) is 22.4 Å². The van der Waals surface area contributed by atoms with Crippen LogP contribution in [0, 0.1) is 0 Å². The summed E-state index contributed by atoms with van der Waals surface area (Å²) in [5.74, 6) is 1.56. The van der Waals surface area contributed by atoms with Crippen LogP contribution in [0.5, 0.6) is 0 Å². The Bertz CT molecular complexity index is 854. The van der Waals surface area contributed by atoms with Crippen LogP contribution in [0.15, 0.2) is 24.3 Å². The Kier molecular flexibility index (Phi) is 3.64. The Hall–Kier alpha value is -2.34. The quantitative estimate of drug-likeness (QED) is 0.777.